The number of H-pyrrole nitrogens is 1. The smallest absolute Gasteiger partial charge is 0.225 e. The molecular weight excluding hydrogens is 292 g/mol. The molecule has 1 aliphatic heterocycles. The van der Waals surface area contributed by atoms with Crippen molar-refractivity contribution in [1.82, 2.24) is 20.1 Å². The Balaban J connectivity index is 1.49. The fraction of sp³-hybridized carbons (Fsp3) is 0.824. The Kier molecular flexibility index (Phi) is 3.48. The maximum atomic E-state index is 12.5. The van der Waals surface area contributed by atoms with Crippen LogP contribution >= 0.6 is 0 Å². The van der Waals surface area contributed by atoms with Crippen LogP contribution in [0.25, 0.3) is 0 Å². The molecule has 0 radical (unpaired) electrons. The first-order valence-electron chi connectivity index (χ1n) is 8.83. The molecule has 1 aromatic heterocycles. The molecule has 1 amide bonds. The van der Waals surface area contributed by atoms with Crippen LogP contribution in [0, 0.1) is 11.8 Å². The Labute approximate surface area is 136 Å². The van der Waals surface area contributed by atoms with Gasteiger partial charge in [-0.15, -0.1) is 0 Å². The van der Waals surface area contributed by atoms with Crippen LogP contribution in [0.2, 0.25) is 0 Å². The minimum Gasteiger partial charge on any atom is -0.390 e. The minimum atomic E-state index is -0.949. The number of amides is 1. The van der Waals surface area contributed by atoms with Crippen LogP contribution in [0.5, 0.6) is 0 Å². The zero-order valence-electron chi connectivity index (χ0n) is 14.0. The van der Waals surface area contributed by atoms with Crippen LogP contribution < -0.4 is 0 Å². The van der Waals surface area contributed by atoms with E-state index in [1.165, 1.54) is 25.7 Å². The molecule has 2 atom stereocenters. The Morgan fingerprint density at radius 2 is 2.04 bits per heavy atom. The van der Waals surface area contributed by atoms with Gasteiger partial charge in [0.05, 0.1) is 12.0 Å². The zero-order chi connectivity index (χ0) is 16.2. The molecule has 1 aromatic rings. The van der Waals surface area contributed by atoms with Gasteiger partial charge in [-0.2, -0.15) is 5.10 Å². The Morgan fingerprint density at radius 1 is 1.30 bits per heavy atom. The van der Waals surface area contributed by atoms with Crippen molar-refractivity contribution in [3.05, 3.63) is 11.6 Å². The third-order valence-electron chi connectivity index (χ3n) is 5.34. The van der Waals surface area contributed by atoms with Gasteiger partial charge in [-0.05, 0) is 51.4 Å². The summed E-state index contributed by atoms with van der Waals surface area (Å²) in [5, 5.41) is 17.4. The molecule has 23 heavy (non-hydrogen) atoms. The standard InChI is InChI=1S/C17H26N4O2/c1-17(2,23)7-14(22)21-8-12(10-3-4-10)13(9-21)16-18-15(19-20-16)11-5-6-11/h10-13,23H,3-9H2,1-2H3,(H,18,19,20)/t12-,13+/m1/s1. The number of carbonyl (C=O) groups is 1. The summed E-state index contributed by atoms with van der Waals surface area (Å²) in [4.78, 5) is 19.1. The van der Waals surface area contributed by atoms with Gasteiger partial charge in [0.2, 0.25) is 5.91 Å². The lowest BCUT2D eigenvalue weighted by molar-refractivity contribution is -0.134. The van der Waals surface area contributed by atoms with Crippen LogP contribution in [0.4, 0.5) is 0 Å². The molecule has 3 fully saturated rings. The first kappa shape index (κ1) is 15.1. The van der Waals surface area contributed by atoms with Gasteiger partial charge in [-0.25, -0.2) is 4.98 Å². The van der Waals surface area contributed by atoms with Crippen molar-refractivity contribution in [3.8, 4) is 0 Å². The summed E-state index contributed by atoms with van der Waals surface area (Å²) >= 11 is 0. The number of aromatic nitrogens is 3. The van der Waals surface area contributed by atoms with Gasteiger partial charge in [0.1, 0.15) is 5.82 Å². The number of aromatic amines is 1. The highest BCUT2D eigenvalue weighted by Gasteiger charge is 2.46. The molecule has 2 N–H and O–H groups in total. The molecule has 126 valence electrons. The summed E-state index contributed by atoms with van der Waals surface area (Å²) in [7, 11) is 0. The van der Waals surface area contributed by atoms with Crippen molar-refractivity contribution in [2.75, 3.05) is 13.1 Å². The fourth-order valence-electron chi connectivity index (χ4n) is 3.78. The summed E-state index contributed by atoms with van der Waals surface area (Å²) in [5.41, 5.74) is -0.949. The summed E-state index contributed by atoms with van der Waals surface area (Å²) in [6.45, 7) is 4.88. The van der Waals surface area contributed by atoms with Crippen molar-refractivity contribution in [1.29, 1.82) is 0 Å². The molecule has 0 spiro atoms. The quantitative estimate of drug-likeness (QED) is 0.867. The predicted molar refractivity (Wildman–Crippen MR) is 84.8 cm³/mol. The van der Waals surface area contributed by atoms with Gasteiger partial charge >= 0.3 is 0 Å². The Hall–Kier alpha value is -1.43. The monoisotopic (exact) mass is 318 g/mol. The van der Waals surface area contributed by atoms with E-state index < -0.39 is 5.60 Å². The number of carbonyl (C=O) groups excluding carboxylic acids is 1. The molecule has 0 unspecified atom stereocenters. The largest absolute Gasteiger partial charge is 0.390 e. The lowest BCUT2D eigenvalue weighted by Crippen LogP contribution is -2.35. The van der Waals surface area contributed by atoms with Crippen molar-refractivity contribution < 1.29 is 9.90 Å². The number of hydrogen-bond acceptors (Lipinski definition) is 4. The maximum Gasteiger partial charge on any atom is 0.225 e. The van der Waals surface area contributed by atoms with Gasteiger partial charge < -0.3 is 10.0 Å². The number of hydrogen-bond donors (Lipinski definition) is 2. The molecule has 0 bridgehead atoms. The van der Waals surface area contributed by atoms with E-state index in [0.717, 1.165) is 24.1 Å². The highest BCUT2D eigenvalue weighted by Crippen LogP contribution is 2.47. The highest BCUT2D eigenvalue weighted by molar-refractivity contribution is 5.77. The summed E-state index contributed by atoms with van der Waals surface area (Å²) in [5.74, 6) is 3.99. The van der Waals surface area contributed by atoms with E-state index in [4.69, 9.17) is 4.98 Å². The second kappa shape index (κ2) is 5.30. The normalized spacial score (nSPS) is 28.4. The average Bonchev–Trinajstić information content (AvgIpc) is 3.39. The van der Waals surface area contributed by atoms with E-state index in [2.05, 4.69) is 10.2 Å². The SMILES string of the molecule is CC(C)(O)CC(=O)N1C[C@H](c2nc(C3CC3)n[nH]2)[C@@H](C2CC2)C1. The van der Waals surface area contributed by atoms with Gasteiger partial charge in [0.15, 0.2) is 5.82 Å². The van der Waals surface area contributed by atoms with E-state index in [1.807, 2.05) is 4.90 Å². The van der Waals surface area contributed by atoms with Crippen molar-refractivity contribution >= 4 is 5.91 Å². The third-order valence-corrected chi connectivity index (χ3v) is 5.34. The van der Waals surface area contributed by atoms with Crippen LogP contribution in [-0.4, -0.2) is 49.8 Å². The third kappa shape index (κ3) is 3.27. The molecule has 4 rings (SSSR count). The van der Waals surface area contributed by atoms with E-state index >= 15 is 0 Å². The van der Waals surface area contributed by atoms with E-state index in [1.54, 1.807) is 13.8 Å². The molecule has 6 heteroatoms. The molecule has 3 aliphatic rings. The maximum absolute atomic E-state index is 12.5. The molecule has 2 aliphatic carbocycles. The van der Waals surface area contributed by atoms with Gasteiger partial charge in [-0.3, -0.25) is 9.89 Å². The van der Waals surface area contributed by atoms with Crippen LogP contribution in [0.3, 0.4) is 0 Å². The average molecular weight is 318 g/mol. The summed E-state index contributed by atoms with van der Waals surface area (Å²) < 4.78 is 0. The first-order valence-corrected chi connectivity index (χ1v) is 8.83. The second-order valence-electron chi connectivity index (χ2n) is 8.25. The number of rotatable bonds is 5. The predicted octanol–water partition coefficient (Wildman–Crippen LogP) is 1.80. The van der Waals surface area contributed by atoms with E-state index in [-0.39, 0.29) is 18.2 Å². The van der Waals surface area contributed by atoms with Crippen molar-refractivity contribution in [2.24, 2.45) is 11.8 Å². The van der Waals surface area contributed by atoms with Crippen LogP contribution in [-0.2, 0) is 4.79 Å². The lowest BCUT2D eigenvalue weighted by Gasteiger charge is -2.22. The van der Waals surface area contributed by atoms with Crippen molar-refractivity contribution in [2.45, 2.75) is 63.4 Å². The fourth-order valence-corrected chi connectivity index (χ4v) is 3.78. The molecule has 2 heterocycles. The van der Waals surface area contributed by atoms with Crippen LogP contribution in [0.15, 0.2) is 0 Å². The Bertz CT molecular complexity index is 598. The topological polar surface area (TPSA) is 82.1 Å². The first-order chi connectivity index (χ1) is 10.9. The van der Waals surface area contributed by atoms with Crippen molar-refractivity contribution in [3.63, 3.8) is 0 Å². The number of nitrogens with one attached hydrogen (secondary N) is 1. The van der Waals surface area contributed by atoms with Gasteiger partial charge in [-0.1, -0.05) is 0 Å². The van der Waals surface area contributed by atoms with Gasteiger partial charge in [0.25, 0.3) is 0 Å². The summed E-state index contributed by atoms with van der Waals surface area (Å²) in [6, 6.07) is 0. The molecular formula is C17H26N4O2. The molecule has 1 saturated heterocycles. The molecule has 2 saturated carbocycles. The van der Waals surface area contributed by atoms with E-state index in [9.17, 15) is 9.90 Å². The van der Waals surface area contributed by atoms with Crippen LogP contribution in [0.1, 0.15) is 69.4 Å². The minimum absolute atomic E-state index is 0.0487. The summed E-state index contributed by atoms with van der Waals surface area (Å²) in [6.07, 6.45) is 5.10. The number of nitrogens with zero attached hydrogens (tertiary/aromatic N) is 3. The van der Waals surface area contributed by atoms with E-state index in [0.29, 0.717) is 18.4 Å². The zero-order valence-corrected chi connectivity index (χ0v) is 14.0. The number of likely N-dealkylation sites (tertiary alicyclic amines) is 1. The second-order valence-corrected chi connectivity index (χ2v) is 8.25. The number of aliphatic hydroxyl groups is 1. The Morgan fingerprint density at radius 3 is 2.65 bits per heavy atom. The lowest BCUT2D eigenvalue weighted by atomic mass is 9.91. The molecule has 0 aromatic carbocycles. The van der Waals surface area contributed by atoms with Gasteiger partial charge in [0, 0.05) is 24.9 Å². The highest BCUT2D eigenvalue weighted by atomic mass is 16.3. The molecule has 6 nitrogen and oxygen atoms in total.